The molecule has 1 rings (SSSR count). The Balaban J connectivity index is 2.42. The van der Waals surface area contributed by atoms with Crippen molar-refractivity contribution in [2.75, 3.05) is 6.61 Å². The van der Waals surface area contributed by atoms with Gasteiger partial charge in [0, 0.05) is 0 Å². The molecule has 46 valence electrons. The lowest BCUT2D eigenvalue weighted by atomic mass is 10.2. The van der Waals surface area contributed by atoms with Crippen LogP contribution in [-0.2, 0) is 4.74 Å². The van der Waals surface area contributed by atoms with Crippen LogP contribution < -0.4 is 0 Å². The highest BCUT2D eigenvalue weighted by atomic mass is 19.1. The van der Waals surface area contributed by atoms with Gasteiger partial charge >= 0.3 is 0 Å². The first-order chi connectivity index (χ1) is 3.79. The molecule has 1 atom stereocenters. The van der Waals surface area contributed by atoms with E-state index in [0.29, 0.717) is 6.42 Å². The van der Waals surface area contributed by atoms with Crippen molar-refractivity contribution < 1.29 is 9.13 Å². The molecule has 0 aromatic rings. The second-order valence-corrected chi connectivity index (χ2v) is 2.01. The molecular formula is C6H9FO. The molecule has 1 nitrogen and oxygen atoms in total. The van der Waals surface area contributed by atoms with Gasteiger partial charge in [-0.1, -0.05) is 0 Å². The van der Waals surface area contributed by atoms with Crippen LogP contribution in [0.1, 0.15) is 13.3 Å². The van der Waals surface area contributed by atoms with Crippen LogP contribution in [0, 0.1) is 0 Å². The third kappa shape index (κ3) is 1.30. The molecule has 0 radical (unpaired) electrons. The fourth-order valence-corrected chi connectivity index (χ4v) is 0.643. The molecule has 0 aromatic carbocycles. The Labute approximate surface area is 48.1 Å². The molecule has 0 aromatic heterocycles. The summed E-state index contributed by atoms with van der Waals surface area (Å²) in [6, 6.07) is 0. The van der Waals surface area contributed by atoms with Crippen molar-refractivity contribution in [3.63, 3.8) is 0 Å². The van der Waals surface area contributed by atoms with Gasteiger partial charge in [-0.3, -0.25) is 0 Å². The van der Waals surface area contributed by atoms with E-state index < -0.39 is 0 Å². The molecule has 1 unspecified atom stereocenters. The zero-order chi connectivity index (χ0) is 5.98. The maximum atomic E-state index is 12.1. The lowest BCUT2D eigenvalue weighted by Crippen LogP contribution is -2.12. The van der Waals surface area contributed by atoms with Crippen molar-refractivity contribution in [2.24, 2.45) is 0 Å². The van der Waals surface area contributed by atoms with Crippen LogP contribution in [-0.4, -0.2) is 12.7 Å². The average molecular weight is 116 g/mol. The largest absolute Gasteiger partial charge is 0.371 e. The van der Waals surface area contributed by atoms with E-state index in [0.717, 1.165) is 0 Å². The minimum atomic E-state index is -0.136. The fraction of sp³-hybridized carbons (Fsp3) is 0.667. The summed E-state index contributed by atoms with van der Waals surface area (Å²) in [6.45, 7) is 2.10. The molecule has 1 aliphatic heterocycles. The van der Waals surface area contributed by atoms with Crippen molar-refractivity contribution in [1.82, 2.24) is 0 Å². The summed E-state index contributed by atoms with van der Waals surface area (Å²) in [4.78, 5) is 0. The molecule has 0 saturated heterocycles. The summed E-state index contributed by atoms with van der Waals surface area (Å²) >= 11 is 0. The van der Waals surface area contributed by atoms with Gasteiger partial charge in [-0.05, 0) is 19.4 Å². The molecule has 1 heterocycles. The Hall–Kier alpha value is -0.370. The summed E-state index contributed by atoms with van der Waals surface area (Å²) in [7, 11) is 0. The Kier molecular flexibility index (Phi) is 1.63. The second-order valence-electron chi connectivity index (χ2n) is 2.01. The third-order valence-corrected chi connectivity index (χ3v) is 1.18. The standard InChI is InChI=1S/C6H9FO/c1-5-2-3-6(7)4-8-5/h3,5H,2,4H2,1H3. The average Bonchev–Trinajstić information content (AvgIpc) is 1.77. The molecule has 1 aliphatic rings. The molecule has 0 N–H and O–H groups in total. The summed E-state index contributed by atoms with van der Waals surface area (Å²) < 4.78 is 17.0. The van der Waals surface area contributed by atoms with Crippen LogP contribution in [0.25, 0.3) is 0 Å². The monoisotopic (exact) mass is 116 g/mol. The van der Waals surface area contributed by atoms with Gasteiger partial charge in [-0.15, -0.1) is 0 Å². The zero-order valence-electron chi connectivity index (χ0n) is 4.86. The van der Waals surface area contributed by atoms with Crippen molar-refractivity contribution in [3.05, 3.63) is 11.9 Å². The SMILES string of the molecule is CC1CC=C(F)CO1. The second kappa shape index (κ2) is 2.27. The molecule has 0 fully saturated rings. The van der Waals surface area contributed by atoms with Crippen LogP contribution in [0.4, 0.5) is 4.39 Å². The van der Waals surface area contributed by atoms with E-state index >= 15 is 0 Å². The summed E-state index contributed by atoms with van der Waals surface area (Å²) in [5, 5.41) is 0. The lowest BCUT2D eigenvalue weighted by molar-refractivity contribution is 0.0638. The quantitative estimate of drug-likeness (QED) is 0.467. The smallest absolute Gasteiger partial charge is 0.122 e. The van der Waals surface area contributed by atoms with E-state index in [-0.39, 0.29) is 18.5 Å². The molecule has 8 heavy (non-hydrogen) atoms. The van der Waals surface area contributed by atoms with Crippen LogP contribution in [0.5, 0.6) is 0 Å². The molecule has 0 aliphatic carbocycles. The van der Waals surface area contributed by atoms with Crippen LogP contribution in [0.3, 0.4) is 0 Å². The van der Waals surface area contributed by atoms with E-state index in [1.165, 1.54) is 0 Å². The van der Waals surface area contributed by atoms with E-state index in [9.17, 15) is 4.39 Å². The van der Waals surface area contributed by atoms with E-state index in [1.54, 1.807) is 6.08 Å². The van der Waals surface area contributed by atoms with E-state index in [1.807, 2.05) is 6.92 Å². The van der Waals surface area contributed by atoms with Crippen LogP contribution in [0.2, 0.25) is 0 Å². The van der Waals surface area contributed by atoms with Gasteiger partial charge in [0.1, 0.15) is 5.83 Å². The normalized spacial score (nSPS) is 29.8. The first-order valence-corrected chi connectivity index (χ1v) is 2.75. The molecule has 0 amide bonds. The predicted molar refractivity (Wildman–Crippen MR) is 29.2 cm³/mol. The maximum Gasteiger partial charge on any atom is 0.122 e. The third-order valence-electron chi connectivity index (χ3n) is 1.18. The van der Waals surface area contributed by atoms with Gasteiger partial charge in [0.25, 0.3) is 0 Å². The van der Waals surface area contributed by atoms with Gasteiger partial charge in [-0.2, -0.15) is 0 Å². The number of hydrogen-bond acceptors (Lipinski definition) is 1. The lowest BCUT2D eigenvalue weighted by Gasteiger charge is -2.14. The summed E-state index contributed by atoms with van der Waals surface area (Å²) in [5.41, 5.74) is 0. The highest BCUT2D eigenvalue weighted by molar-refractivity contribution is 4.96. The van der Waals surface area contributed by atoms with Crippen LogP contribution in [0.15, 0.2) is 11.9 Å². The topological polar surface area (TPSA) is 9.23 Å². The molecule has 0 spiro atoms. The minimum Gasteiger partial charge on any atom is -0.371 e. The highest BCUT2D eigenvalue weighted by Crippen LogP contribution is 2.11. The summed E-state index contributed by atoms with van der Waals surface area (Å²) in [5.74, 6) is -0.136. The van der Waals surface area contributed by atoms with Crippen molar-refractivity contribution >= 4 is 0 Å². The number of halogens is 1. The van der Waals surface area contributed by atoms with E-state index in [2.05, 4.69) is 0 Å². The number of hydrogen-bond donors (Lipinski definition) is 0. The Morgan fingerprint density at radius 2 is 2.62 bits per heavy atom. The zero-order valence-corrected chi connectivity index (χ0v) is 4.86. The van der Waals surface area contributed by atoms with Gasteiger partial charge in [0.15, 0.2) is 0 Å². The highest BCUT2D eigenvalue weighted by Gasteiger charge is 2.07. The van der Waals surface area contributed by atoms with Gasteiger partial charge in [0.2, 0.25) is 0 Å². The fourth-order valence-electron chi connectivity index (χ4n) is 0.643. The van der Waals surface area contributed by atoms with Gasteiger partial charge < -0.3 is 4.74 Å². The molecule has 2 heteroatoms. The Bertz CT molecular complexity index is 109. The maximum absolute atomic E-state index is 12.1. The molecule has 0 bridgehead atoms. The van der Waals surface area contributed by atoms with Crippen molar-refractivity contribution in [3.8, 4) is 0 Å². The van der Waals surface area contributed by atoms with Crippen molar-refractivity contribution in [1.29, 1.82) is 0 Å². The van der Waals surface area contributed by atoms with Gasteiger partial charge in [-0.25, -0.2) is 4.39 Å². The summed E-state index contributed by atoms with van der Waals surface area (Å²) in [6.07, 6.45) is 2.49. The van der Waals surface area contributed by atoms with Gasteiger partial charge in [0.05, 0.1) is 12.7 Å². The molecular weight excluding hydrogens is 107 g/mol. The number of rotatable bonds is 0. The first kappa shape index (κ1) is 5.76. The number of ether oxygens (including phenoxy) is 1. The molecule has 0 saturated carbocycles. The Morgan fingerprint density at radius 3 is 3.00 bits per heavy atom. The van der Waals surface area contributed by atoms with Crippen molar-refractivity contribution in [2.45, 2.75) is 19.4 Å². The van der Waals surface area contributed by atoms with Crippen LogP contribution >= 0.6 is 0 Å². The van der Waals surface area contributed by atoms with E-state index in [4.69, 9.17) is 4.74 Å². The predicted octanol–water partition coefficient (Wildman–Crippen LogP) is 1.65. The minimum absolute atomic E-state index is 0.136. The first-order valence-electron chi connectivity index (χ1n) is 2.75. The Morgan fingerprint density at radius 1 is 1.88 bits per heavy atom.